The second-order valence-corrected chi connectivity index (χ2v) is 3.54. The van der Waals surface area contributed by atoms with Gasteiger partial charge < -0.3 is 14.7 Å². The fraction of sp³-hybridized carbons (Fsp3) is 0.500. The Labute approximate surface area is 92.9 Å². The summed E-state index contributed by atoms with van der Waals surface area (Å²) in [5.41, 5.74) is 0.442. The zero-order chi connectivity index (χ0) is 11.4. The number of carbonyl (C=O) groups excluding carboxylic acids is 1. The average Bonchev–Trinajstić information content (AvgIpc) is 2.39. The molecule has 0 aliphatic carbocycles. The van der Waals surface area contributed by atoms with Crippen LogP contribution in [-0.2, 0) is 4.74 Å². The number of aromatic nitrogens is 2. The van der Waals surface area contributed by atoms with Crippen molar-refractivity contribution in [1.29, 1.82) is 0 Å². The van der Waals surface area contributed by atoms with Gasteiger partial charge in [0.05, 0.1) is 31.4 Å². The molecule has 2 heterocycles. The molecule has 0 amide bonds. The van der Waals surface area contributed by atoms with Gasteiger partial charge in [0.15, 0.2) is 6.29 Å². The topological polar surface area (TPSA) is 75.6 Å². The van der Waals surface area contributed by atoms with Crippen molar-refractivity contribution >= 4 is 12.2 Å². The molecule has 2 rings (SSSR count). The van der Waals surface area contributed by atoms with Crippen LogP contribution in [-0.4, -0.2) is 53.8 Å². The van der Waals surface area contributed by atoms with Gasteiger partial charge >= 0.3 is 0 Å². The minimum atomic E-state index is -0.115. The summed E-state index contributed by atoms with van der Waals surface area (Å²) in [6.07, 6.45) is 3.64. The fourth-order valence-corrected chi connectivity index (χ4v) is 1.61. The fourth-order valence-electron chi connectivity index (χ4n) is 1.61. The number of carbonyl (C=O) groups is 1. The first kappa shape index (κ1) is 11.0. The number of nitrogens with zero attached hydrogens (tertiary/aromatic N) is 3. The van der Waals surface area contributed by atoms with Gasteiger partial charge in [0.2, 0.25) is 5.95 Å². The molecule has 0 saturated carbocycles. The number of aliphatic hydroxyl groups is 1. The first-order chi connectivity index (χ1) is 7.85. The lowest BCUT2D eigenvalue weighted by atomic mass is 10.2. The Hall–Kier alpha value is -1.53. The Balaban J connectivity index is 2.17. The molecule has 86 valence electrons. The Kier molecular flexibility index (Phi) is 3.43. The van der Waals surface area contributed by atoms with E-state index in [2.05, 4.69) is 9.97 Å². The SMILES string of the molecule is O=Cc1cnc(N2CCOCC2CO)nc1. The van der Waals surface area contributed by atoms with E-state index in [-0.39, 0.29) is 12.6 Å². The van der Waals surface area contributed by atoms with Gasteiger partial charge in [-0.15, -0.1) is 0 Å². The van der Waals surface area contributed by atoms with Crippen LogP contribution < -0.4 is 4.90 Å². The number of ether oxygens (including phenoxy) is 1. The third-order valence-corrected chi connectivity index (χ3v) is 2.49. The summed E-state index contributed by atoms with van der Waals surface area (Å²) in [4.78, 5) is 20.5. The summed E-state index contributed by atoms with van der Waals surface area (Å²) in [6.45, 7) is 1.70. The van der Waals surface area contributed by atoms with Crippen LogP contribution in [0.2, 0.25) is 0 Å². The van der Waals surface area contributed by atoms with Crippen molar-refractivity contribution in [1.82, 2.24) is 9.97 Å². The number of aldehydes is 1. The number of hydrogen-bond acceptors (Lipinski definition) is 6. The number of morpholine rings is 1. The highest BCUT2D eigenvalue weighted by atomic mass is 16.5. The molecule has 0 bridgehead atoms. The van der Waals surface area contributed by atoms with E-state index in [1.165, 1.54) is 12.4 Å². The van der Waals surface area contributed by atoms with Gasteiger partial charge in [-0.25, -0.2) is 9.97 Å². The lowest BCUT2D eigenvalue weighted by Crippen LogP contribution is -2.48. The second-order valence-electron chi connectivity index (χ2n) is 3.54. The molecule has 1 aliphatic rings. The van der Waals surface area contributed by atoms with E-state index in [1.807, 2.05) is 4.90 Å². The Morgan fingerprint density at radius 3 is 2.94 bits per heavy atom. The van der Waals surface area contributed by atoms with Crippen LogP contribution in [0.4, 0.5) is 5.95 Å². The number of hydrogen-bond donors (Lipinski definition) is 1. The second kappa shape index (κ2) is 5.00. The third-order valence-electron chi connectivity index (χ3n) is 2.49. The highest BCUT2D eigenvalue weighted by molar-refractivity contribution is 5.73. The Morgan fingerprint density at radius 1 is 1.56 bits per heavy atom. The summed E-state index contributed by atoms with van der Waals surface area (Å²) in [7, 11) is 0. The molecule has 1 aromatic heterocycles. The van der Waals surface area contributed by atoms with Gasteiger partial charge in [0.1, 0.15) is 0 Å². The molecule has 1 atom stereocenters. The quantitative estimate of drug-likeness (QED) is 0.695. The minimum Gasteiger partial charge on any atom is -0.394 e. The van der Waals surface area contributed by atoms with Crippen LogP contribution in [0.5, 0.6) is 0 Å². The van der Waals surface area contributed by atoms with E-state index in [0.717, 1.165) is 0 Å². The normalized spacial score (nSPS) is 20.8. The molecule has 1 fully saturated rings. The maximum Gasteiger partial charge on any atom is 0.225 e. The summed E-state index contributed by atoms with van der Waals surface area (Å²) in [5, 5.41) is 9.19. The summed E-state index contributed by atoms with van der Waals surface area (Å²) in [6, 6.07) is -0.115. The molecule has 1 aromatic rings. The van der Waals surface area contributed by atoms with Crippen LogP contribution in [0.3, 0.4) is 0 Å². The number of aliphatic hydroxyl groups excluding tert-OH is 1. The van der Waals surface area contributed by atoms with E-state index < -0.39 is 0 Å². The predicted octanol–water partition coefficient (Wildman–Crippen LogP) is -0.513. The molecule has 0 radical (unpaired) electrons. The number of rotatable bonds is 3. The predicted molar refractivity (Wildman–Crippen MR) is 56.5 cm³/mol. The van der Waals surface area contributed by atoms with E-state index in [1.54, 1.807) is 0 Å². The molecule has 0 spiro atoms. The lowest BCUT2D eigenvalue weighted by molar-refractivity contribution is 0.0718. The maximum atomic E-state index is 10.5. The zero-order valence-electron chi connectivity index (χ0n) is 8.74. The molecule has 1 saturated heterocycles. The van der Waals surface area contributed by atoms with Crippen LogP contribution in [0.15, 0.2) is 12.4 Å². The van der Waals surface area contributed by atoms with Crippen molar-refractivity contribution < 1.29 is 14.6 Å². The summed E-state index contributed by atoms with van der Waals surface area (Å²) >= 11 is 0. The van der Waals surface area contributed by atoms with Crippen molar-refractivity contribution in [3.63, 3.8) is 0 Å². The highest BCUT2D eigenvalue weighted by Crippen LogP contribution is 2.14. The van der Waals surface area contributed by atoms with Crippen LogP contribution in [0.1, 0.15) is 10.4 Å². The van der Waals surface area contributed by atoms with E-state index in [4.69, 9.17) is 4.74 Å². The molecule has 1 aliphatic heterocycles. The first-order valence-electron chi connectivity index (χ1n) is 5.07. The minimum absolute atomic E-state index is 0.00120. The van der Waals surface area contributed by atoms with Gasteiger partial charge in [-0.3, -0.25) is 4.79 Å². The molecular formula is C10H13N3O3. The van der Waals surface area contributed by atoms with Crippen molar-refractivity contribution in [3.05, 3.63) is 18.0 Å². The first-order valence-corrected chi connectivity index (χ1v) is 5.07. The van der Waals surface area contributed by atoms with Crippen molar-refractivity contribution in [3.8, 4) is 0 Å². The van der Waals surface area contributed by atoms with Gasteiger partial charge in [-0.1, -0.05) is 0 Å². The van der Waals surface area contributed by atoms with Crippen molar-refractivity contribution in [2.45, 2.75) is 6.04 Å². The van der Waals surface area contributed by atoms with E-state index in [9.17, 15) is 9.90 Å². The van der Waals surface area contributed by atoms with Crippen LogP contribution in [0.25, 0.3) is 0 Å². The summed E-state index contributed by atoms with van der Waals surface area (Å²) < 4.78 is 5.26. The molecule has 6 nitrogen and oxygen atoms in total. The van der Waals surface area contributed by atoms with Crippen molar-refractivity contribution in [2.75, 3.05) is 31.3 Å². The van der Waals surface area contributed by atoms with Crippen molar-refractivity contribution in [2.24, 2.45) is 0 Å². The molecule has 0 aromatic carbocycles. The van der Waals surface area contributed by atoms with E-state index >= 15 is 0 Å². The molecule has 16 heavy (non-hydrogen) atoms. The lowest BCUT2D eigenvalue weighted by Gasteiger charge is -2.34. The Bertz CT molecular complexity index is 355. The third kappa shape index (κ3) is 2.17. The smallest absolute Gasteiger partial charge is 0.225 e. The largest absolute Gasteiger partial charge is 0.394 e. The van der Waals surface area contributed by atoms with E-state index in [0.29, 0.717) is 37.6 Å². The Morgan fingerprint density at radius 2 is 2.31 bits per heavy atom. The monoisotopic (exact) mass is 223 g/mol. The molecule has 1 N–H and O–H groups in total. The molecule has 1 unspecified atom stereocenters. The van der Waals surface area contributed by atoms with Crippen LogP contribution >= 0.6 is 0 Å². The molecule has 6 heteroatoms. The standard InChI is InChI=1S/C10H13N3O3/c14-5-8-3-11-10(12-4-8)13-1-2-16-7-9(13)6-15/h3-5,9,15H,1-2,6-7H2. The summed E-state index contributed by atoms with van der Waals surface area (Å²) in [5.74, 6) is 0.521. The van der Waals surface area contributed by atoms with Gasteiger partial charge in [-0.05, 0) is 0 Å². The molecular weight excluding hydrogens is 210 g/mol. The van der Waals surface area contributed by atoms with Gasteiger partial charge in [-0.2, -0.15) is 0 Å². The highest BCUT2D eigenvalue weighted by Gasteiger charge is 2.24. The zero-order valence-corrected chi connectivity index (χ0v) is 8.74. The number of anilines is 1. The van der Waals surface area contributed by atoms with Crippen LogP contribution in [0, 0.1) is 0 Å². The maximum absolute atomic E-state index is 10.5. The average molecular weight is 223 g/mol. The van der Waals surface area contributed by atoms with Gasteiger partial charge in [0, 0.05) is 18.9 Å². The van der Waals surface area contributed by atoms with Gasteiger partial charge in [0.25, 0.3) is 0 Å².